The van der Waals surface area contributed by atoms with Gasteiger partial charge in [0.15, 0.2) is 0 Å². The first kappa shape index (κ1) is 11.6. The van der Waals surface area contributed by atoms with Crippen LogP contribution in [-0.4, -0.2) is 35.1 Å². The first-order valence-corrected chi connectivity index (χ1v) is 6.08. The molecule has 0 aromatic carbocycles. The van der Waals surface area contributed by atoms with E-state index < -0.39 is 0 Å². The van der Waals surface area contributed by atoms with E-state index in [4.69, 9.17) is 0 Å². The number of hydrogen-bond acceptors (Lipinski definition) is 3. The summed E-state index contributed by atoms with van der Waals surface area (Å²) in [6.45, 7) is 8.93. The Kier molecular flexibility index (Phi) is 3.56. The van der Waals surface area contributed by atoms with Gasteiger partial charge in [0.2, 0.25) is 0 Å². The van der Waals surface area contributed by atoms with Gasteiger partial charge in [-0.05, 0) is 32.9 Å². The molecule has 3 heteroatoms. The zero-order valence-corrected chi connectivity index (χ0v) is 10.4. The highest BCUT2D eigenvalue weighted by atomic mass is 15.2. The largest absolute Gasteiger partial charge is 0.309 e. The van der Waals surface area contributed by atoms with Gasteiger partial charge in [0, 0.05) is 37.4 Å². The minimum atomic E-state index is 0.410. The third-order valence-corrected chi connectivity index (χ3v) is 3.25. The maximum atomic E-state index is 4.44. The molecular formula is C13H21N3. The fourth-order valence-corrected chi connectivity index (χ4v) is 2.50. The molecule has 16 heavy (non-hydrogen) atoms. The van der Waals surface area contributed by atoms with Crippen LogP contribution in [0.4, 0.5) is 0 Å². The summed E-state index contributed by atoms with van der Waals surface area (Å²) in [5.41, 5.74) is 1.17. The van der Waals surface area contributed by atoms with Gasteiger partial charge in [0.25, 0.3) is 0 Å². The fraction of sp³-hybridized carbons (Fsp3) is 0.615. The number of aromatic nitrogens is 1. The van der Waals surface area contributed by atoms with Crippen LogP contribution in [-0.2, 0) is 0 Å². The summed E-state index contributed by atoms with van der Waals surface area (Å²) in [5.74, 6) is 0. The van der Waals surface area contributed by atoms with E-state index in [1.165, 1.54) is 5.69 Å². The number of nitrogens with one attached hydrogen (secondary N) is 1. The van der Waals surface area contributed by atoms with Gasteiger partial charge in [-0.25, -0.2) is 0 Å². The van der Waals surface area contributed by atoms with Crippen molar-refractivity contribution in [1.82, 2.24) is 15.2 Å². The topological polar surface area (TPSA) is 28.2 Å². The lowest BCUT2D eigenvalue weighted by Crippen LogP contribution is -2.54. The Hall–Kier alpha value is -0.930. The van der Waals surface area contributed by atoms with E-state index in [0.717, 1.165) is 13.1 Å². The van der Waals surface area contributed by atoms with E-state index in [-0.39, 0.29) is 0 Å². The van der Waals surface area contributed by atoms with E-state index in [9.17, 15) is 0 Å². The van der Waals surface area contributed by atoms with Crippen molar-refractivity contribution in [3.8, 4) is 0 Å². The van der Waals surface area contributed by atoms with Crippen molar-refractivity contribution >= 4 is 0 Å². The molecule has 88 valence electrons. The Bertz CT molecular complexity index is 315. The summed E-state index contributed by atoms with van der Waals surface area (Å²) in [5, 5.41) is 3.55. The molecular weight excluding hydrogens is 198 g/mol. The van der Waals surface area contributed by atoms with Crippen LogP contribution < -0.4 is 5.32 Å². The Morgan fingerprint density at radius 1 is 1.31 bits per heavy atom. The van der Waals surface area contributed by atoms with Crippen LogP contribution in [0.25, 0.3) is 0 Å². The van der Waals surface area contributed by atoms with Crippen LogP contribution in [0.1, 0.15) is 32.5 Å². The van der Waals surface area contributed by atoms with Gasteiger partial charge in [-0.3, -0.25) is 9.88 Å². The van der Waals surface area contributed by atoms with E-state index in [1.54, 1.807) is 0 Å². The van der Waals surface area contributed by atoms with Gasteiger partial charge in [0.05, 0.1) is 5.69 Å². The summed E-state index contributed by atoms with van der Waals surface area (Å²) >= 11 is 0. The van der Waals surface area contributed by atoms with Crippen molar-refractivity contribution < 1.29 is 0 Å². The normalized spacial score (nSPS) is 28.9. The molecule has 1 aliphatic heterocycles. The van der Waals surface area contributed by atoms with E-state index in [1.807, 2.05) is 12.3 Å². The highest BCUT2D eigenvalue weighted by Gasteiger charge is 2.25. The van der Waals surface area contributed by atoms with E-state index >= 15 is 0 Å². The molecule has 1 aromatic rings. The lowest BCUT2D eigenvalue weighted by atomic mass is 10.1. The van der Waals surface area contributed by atoms with Crippen molar-refractivity contribution in [2.45, 2.75) is 38.9 Å². The number of pyridine rings is 1. The summed E-state index contributed by atoms with van der Waals surface area (Å²) in [6, 6.07) is 7.69. The standard InChI is InChI=1S/C13H21N3/c1-10-8-16(9-11(2)15-10)12(3)13-6-4-5-7-14-13/h4-7,10-12,15H,8-9H2,1-3H3. The molecule has 1 saturated heterocycles. The molecule has 1 aromatic heterocycles. The Morgan fingerprint density at radius 3 is 2.56 bits per heavy atom. The minimum Gasteiger partial charge on any atom is -0.309 e. The second kappa shape index (κ2) is 4.93. The third-order valence-electron chi connectivity index (χ3n) is 3.25. The highest BCUT2D eigenvalue weighted by molar-refractivity contribution is 5.08. The number of piperazine rings is 1. The monoisotopic (exact) mass is 219 g/mol. The first-order chi connectivity index (χ1) is 7.66. The summed E-state index contributed by atoms with van der Waals surface area (Å²) in [4.78, 5) is 6.95. The van der Waals surface area contributed by atoms with E-state index in [2.05, 4.69) is 48.1 Å². The van der Waals surface area contributed by atoms with Crippen molar-refractivity contribution in [1.29, 1.82) is 0 Å². The van der Waals surface area contributed by atoms with Gasteiger partial charge >= 0.3 is 0 Å². The molecule has 0 spiro atoms. The second-order valence-electron chi connectivity index (χ2n) is 4.85. The van der Waals surface area contributed by atoms with Gasteiger partial charge in [-0.1, -0.05) is 6.07 Å². The predicted octanol–water partition coefficient (Wildman–Crippen LogP) is 1.82. The van der Waals surface area contributed by atoms with Gasteiger partial charge in [0.1, 0.15) is 0 Å². The van der Waals surface area contributed by atoms with Crippen molar-refractivity contribution in [3.63, 3.8) is 0 Å². The van der Waals surface area contributed by atoms with Crippen LogP contribution >= 0.6 is 0 Å². The average Bonchev–Trinajstić information content (AvgIpc) is 2.28. The van der Waals surface area contributed by atoms with Gasteiger partial charge in [-0.15, -0.1) is 0 Å². The Labute approximate surface area is 97.9 Å². The highest BCUT2D eigenvalue weighted by Crippen LogP contribution is 2.20. The molecule has 3 unspecified atom stereocenters. The quantitative estimate of drug-likeness (QED) is 0.822. The maximum Gasteiger partial charge on any atom is 0.0572 e. The fourth-order valence-electron chi connectivity index (χ4n) is 2.50. The number of nitrogens with zero attached hydrogens (tertiary/aromatic N) is 2. The molecule has 0 saturated carbocycles. The Morgan fingerprint density at radius 2 is 2.00 bits per heavy atom. The molecule has 2 rings (SSSR count). The van der Waals surface area contributed by atoms with Crippen molar-refractivity contribution in [3.05, 3.63) is 30.1 Å². The van der Waals surface area contributed by atoms with E-state index in [0.29, 0.717) is 18.1 Å². The third kappa shape index (κ3) is 2.60. The predicted molar refractivity (Wildman–Crippen MR) is 66.3 cm³/mol. The molecule has 0 aliphatic carbocycles. The second-order valence-corrected chi connectivity index (χ2v) is 4.85. The minimum absolute atomic E-state index is 0.410. The zero-order chi connectivity index (χ0) is 11.5. The van der Waals surface area contributed by atoms with Crippen LogP contribution in [0, 0.1) is 0 Å². The Balaban J connectivity index is 2.07. The molecule has 0 radical (unpaired) electrons. The number of hydrogen-bond donors (Lipinski definition) is 1. The van der Waals surface area contributed by atoms with Crippen LogP contribution in [0.3, 0.4) is 0 Å². The lowest BCUT2D eigenvalue weighted by molar-refractivity contribution is 0.129. The molecule has 3 nitrogen and oxygen atoms in total. The SMILES string of the molecule is CC1CN(C(C)c2ccccn2)CC(C)N1. The smallest absolute Gasteiger partial charge is 0.0572 e. The van der Waals surface area contributed by atoms with Crippen LogP contribution in [0.15, 0.2) is 24.4 Å². The zero-order valence-electron chi connectivity index (χ0n) is 10.4. The molecule has 1 N–H and O–H groups in total. The molecule has 0 amide bonds. The molecule has 1 fully saturated rings. The first-order valence-electron chi connectivity index (χ1n) is 6.08. The maximum absolute atomic E-state index is 4.44. The molecule has 0 bridgehead atoms. The lowest BCUT2D eigenvalue weighted by Gasteiger charge is -2.39. The van der Waals surface area contributed by atoms with Crippen LogP contribution in [0.2, 0.25) is 0 Å². The van der Waals surface area contributed by atoms with Crippen molar-refractivity contribution in [2.24, 2.45) is 0 Å². The van der Waals surface area contributed by atoms with Crippen LogP contribution in [0.5, 0.6) is 0 Å². The van der Waals surface area contributed by atoms with Gasteiger partial charge in [-0.2, -0.15) is 0 Å². The molecule has 3 atom stereocenters. The molecule has 1 aliphatic rings. The van der Waals surface area contributed by atoms with Crippen molar-refractivity contribution in [2.75, 3.05) is 13.1 Å². The summed E-state index contributed by atoms with van der Waals surface area (Å²) < 4.78 is 0. The molecule has 2 heterocycles. The average molecular weight is 219 g/mol. The summed E-state index contributed by atoms with van der Waals surface area (Å²) in [7, 11) is 0. The summed E-state index contributed by atoms with van der Waals surface area (Å²) in [6.07, 6.45) is 1.88. The number of rotatable bonds is 2. The van der Waals surface area contributed by atoms with Gasteiger partial charge < -0.3 is 5.32 Å².